The molecule has 2 rings (SSSR count). The third-order valence-corrected chi connectivity index (χ3v) is 4.05. The van der Waals surface area contributed by atoms with Gasteiger partial charge in [-0.25, -0.2) is 0 Å². The molecule has 0 aromatic heterocycles. The van der Waals surface area contributed by atoms with Gasteiger partial charge in [0.2, 0.25) is 0 Å². The third kappa shape index (κ3) is 4.57. The SMILES string of the molecule is CC(C)(C)c1ccc(CS/C=C/c2ccccc2)cc1. The van der Waals surface area contributed by atoms with Crippen LogP contribution in [-0.2, 0) is 11.2 Å². The Balaban J connectivity index is 1.87. The van der Waals surface area contributed by atoms with Crippen LogP contribution in [0.3, 0.4) is 0 Å². The average molecular weight is 282 g/mol. The quantitative estimate of drug-likeness (QED) is 0.674. The molecule has 1 heteroatoms. The lowest BCUT2D eigenvalue weighted by atomic mass is 9.87. The number of thioether (sulfide) groups is 1. The first-order chi connectivity index (χ1) is 9.55. The van der Waals surface area contributed by atoms with Gasteiger partial charge in [-0.2, -0.15) is 0 Å². The molecule has 20 heavy (non-hydrogen) atoms. The summed E-state index contributed by atoms with van der Waals surface area (Å²) in [6, 6.07) is 19.4. The minimum Gasteiger partial charge on any atom is -0.129 e. The van der Waals surface area contributed by atoms with Crippen LogP contribution >= 0.6 is 11.8 Å². The van der Waals surface area contributed by atoms with E-state index in [1.165, 1.54) is 16.7 Å². The molecule has 0 amide bonds. The van der Waals surface area contributed by atoms with Crippen molar-refractivity contribution in [2.75, 3.05) is 0 Å². The Morgan fingerprint density at radius 2 is 1.55 bits per heavy atom. The summed E-state index contributed by atoms with van der Waals surface area (Å²) in [5.41, 5.74) is 4.26. The Morgan fingerprint density at radius 3 is 2.15 bits per heavy atom. The fourth-order valence-corrected chi connectivity index (χ4v) is 2.67. The fraction of sp³-hybridized carbons (Fsp3) is 0.263. The van der Waals surface area contributed by atoms with Crippen molar-refractivity contribution in [3.8, 4) is 0 Å². The zero-order chi connectivity index (χ0) is 14.4. The second kappa shape index (κ2) is 6.81. The van der Waals surface area contributed by atoms with Gasteiger partial charge in [0.25, 0.3) is 0 Å². The molecule has 0 bridgehead atoms. The number of rotatable bonds is 4. The summed E-state index contributed by atoms with van der Waals surface area (Å²) >= 11 is 1.83. The highest BCUT2D eigenvalue weighted by molar-refractivity contribution is 8.01. The molecule has 2 aromatic carbocycles. The predicted molar refractivity (Wildman–Crippen MR) is 91.9 cm³/mol. The minimum absolute atomic E-state index is 0.235. The Kier molecular flexibility index (Phi) is 5.08. The molecule has 0 nitrogen and oxygen atoms in total. The summed E-state index contributed by atoms with van der Waals surface area (Å²) in [4.78, 5) is 0. The first-order valence-corrected chi connectivity index (χ1v) is 8.03. The predicted octanol–water partition coefficient (Wildman–Crippen LogP) is 5.89. The average Bonchev–Trinajstić information content (AvgIpc) is 2.44. The summed E-state index contributed by atoms with van der Waals surface area (Å²) in [5, 5.41) is 2.17. The van der Waals surface area contributed by atoms with Crippen LogP contribution in [0.25, 0.3) is 6.08 Å². The van der Waals surface area contributed by atoms with Crippen molar-refractivity contribution in [1.82, 2.24) is 0 Å². The van der Waals surface area contributed by atoms with Gasteiger partial charge >= 0.3 is 0 Å². The van der Waals surface area contributed by atoms with Gasteiger partial charge < -0.3 is 0 Å². The van der Waals surface area contributed by atoms with Crippen molar-refractivity contribution < 1.29 is 0 Å². The van der Waals surface area contributed by atoms with Crippen LogP contribution in [0.1, 0.15) is 37.5 Å². The van der Waals surface area contributed by atoms with Crippen LogP contribution in [0.15, 0.2) is 60.0 Å². The van der Waals surface area contributed by atoms with E-state index < -0.39 is 0 Å². The van der Waals surface area contributed by atoms with Gasteiger partial charge in [0.1, 0.15) is 0 Å². The number of benzene rings is 2. The molecule has 0 spiro atoms. The smallest absolute Gasteiger partial charge is 0.0226 e. The van der Waals surface area contributed by atoms with Crippen molar-refractivity contribution in [1.29, 1.82) is 0 Å². The summed E-state index contributed by atoms with van der Waals surface area (Å²) in [6.45, 7) is 6.75. The van der Waals surface area contributed by atoms with Gasteiger partial charge in [-0.3, -0.25) is 0 Å². The van der Waals surface area contributed by atoms with E-state index in [9.17, 15) is 0 Å². The normalized spacial score (nSPS) is 11.9. The second-order valence-corrected chi connectivity index (χ2v) is 6.87. The summed E-state index contributed by atoms with van der Waals surface area (Å²) in [6.07, 6.45) is 2.16. The number of hydrogen-bond acceptors (Lipinski definition) is 1. The Bertz CT molecular complexity index is 545. The lowest BCUT2D eigenvalue weighted by Crippen LogP contribution is -2.10. The summed E-state index contributed by atoms with van der Waals surface area (Å²) in [7, 11) is 0. The van der Waals surface area contributed by atoms with Gasteiger partial charge in [0.05, 0.1) is 0 Å². The molecule has 0 aliphatic heterocycles. The van der Waals surface area contributed by atoms with E-state index in [1.807, 2.05) is 17.8 Å². The molecule has 0 unspecified atom stereocenters. The van der Waals surface area contributed by atoms with E-state index in [0.717, 1.165) is 5.75 Å². The largest absolute Gasteiger partial charge is 0.129 e. The van der Waals surface area contributed by atoms with Crippen LogP contribution in [0, 0.1) is 0 Å². The Hall–Kier alpha value is -1.47. The molecule has 2 aromatic rings. The molecule has 0 saturated heterocycles. The lowest BCUT2D eigenvalue weighted by molar-refractivity contribution is 0.590. The lowest BCUT2D eigenvalue weighted by Gasteiger charge is -2.19. The molecule has 0 fully saturated rings. The molecule has 104 valence electrons. The summed E-state index contributed by atoms with van der Waals surface area (Å²) in [5.74, 6) is 1.02. The van der Waals surface area contributed by atoms with E-state index in [4.69, 9.17) is 0 Å². The molecular weight excluding hydrogens is 260 g/mol. The molecule has 0 aliphatic rings. The zero-order valence-electron chi connectivity index (χ0n) is 12.5. The van der Waals surface area contributed by atoms with Crippen LogP contribution in [0.2, 0.25) is 0 Å². The van der Waals surface area contributed by atoms with Crippen LogP contribution in [-0.4, -0.2) is 0 Å². The number of hydrogen-bond donors (Lipinski definition) is 0. The maximum Gasteiger partial charge on any atom is 0.0226 e. The highest BCUT2D eigenvalue weighted by Crippen LogP contribution is 2.23. The minimum atomic E-state index is 0.235. The highest BCUT2D eigenvalue weighted by atomic mass is 32.2. The van der Waals surface area contributed by atoms with Crippen molar-refractivity contribution in [3.63, 3.8) is 0 Å². The van der Waals surface area contributed by atoms with Crippen LogP contribution in [0.4, 0.5) is 0 Å². The molecule has 0 aliphatic carbocycles. The maximum absolute atomic E-state index is 2.25. The first-order valence-electron chi connectivity index (χ1n) is 6.98. The highest BCUT2D eigenvalue weighted by Gasteiger charge is 2.12. The standard InChI is InChI=1S/C19H22S/c1-19(2,3)18-11-9-17(10-12-18)15-20-14-13-16-7-5-4-6-8-16/h4-14H,15H2,1-3H3/b14-13+. The molecule has 0 saturated carbocycles. The molecule has 0 heterocycles. The van der Waals surface area contributed by atoms with E-state index in [2.05, 4.69) is 80.8 Å². The topological polar surface area (TPSA) is 0 Å². The van der Waals surface area contributed by atoms with Gasteiger partial charge in [-0.1, -0.05) is 75.4 Å². The third-order valence-electron chi connectivity index (χ3n) is 3.23. The monoisotopic (exact) mass is 282 g/mol. The first kappa shape index (κ1) is 14.9. The molecular formula is C19H22S. The summed E-state index contributed by atoms with van der Waals surface area (Å²) < 4.78 is 0. The Morgan fingerprint density at radius 1 is 0.900 bits per heavy atom. The van der Waals surface area contributed by atoms with Crippen molar-refractivity contribution in [3.05, 3.63) is 76.7 Å². The second-order valence-electron chi connectivity index (χ2n) is 5.97. The van der Waals surface area contributed by atoms with Crippen molar-refractivity contribution in [2.45, 2.75) is 31.9 Å². The van der Waals surface area contributed by atoms with Gasteiger partial charge in [0, 0.05) is 5.75 Å². The van der Waals surface area contributed by atoms with Crippen LogP contribution < -0.4 is 0 Å². The molecule has 0 atom stereocenters. The molecule has 0 N–H and O–H groups in total. The van der Waals surface area contributed by atoms with Crippen molar-refractivity contribution in [2.24, 2.45) is 0 Å². The van der Waals surface area contributed by atoms with E-state index in [0.29, 0.717) is 0 Å². The maximum atomic E-state index is 2.25. The van der Waals surface area contributed by atoms with Crippen molar-refractivity contribution >= 4 is 17.8 Å². The van der Waals surface area contributed by atoms with E-state index in [-0.39, 0.29) is 5.41 Å². The van der Waals surface area contributed by atoms with E-state index in [1.54, 1.807) is 0 Å². The zero-order valence-corrected chi connectivity index (χ0v) is 13.3. The fourth-order valence-electron chi connectivity index (χ4n) is 1.94. The van der Waals surface area contributed by atoms with Gasteiger partial charge in [-0.05, 0) is 33.6 Å². The Labute approximate surface area is 126 Å². The van der Waals surface area contributed by atoms with Crippen LogP contribution in [0.5, 0.6) is 0 Å². The van der Waals surface area contributed by atoms with Gasteiger partial charge in [0.15, 0.2) is 0 Å². The van der Waals surface area contributed by atoms with Gasteiger partial charge in [-0.15, -0.1) is 11.8 Å². The van der Waals surface area contributed by atoms with E-state index >= 15 is 0 Å². The molecule has 0 radical (unpaired) electrons.